The summed E-state index contributed by atoms with van der Waals surface area (Å²) in [6, 6.07) is 0. The first-order chi connectivity index (χ1) is 8.97. The third-order valence-corrected chi connectivity index (χ3v) is 3.53. The minimum Gasteiger partial charge on any atom is -0.393 e. The molecule has 0 spiro atoms. The zero-order valence-electron chi connectivity index (χ0n) is 11.1. The highest BCUT2D eigenvalue weighted by atomic mass is 35.5. The van der Waals surface area contributed by atoms with E-state index in [1.54, 1.807) is 0 Å². The maximum atomic E-state index is 12.0. The van der Waals surface area contributed by atoms with Crippen LogP contribution in [0, 0.1) is 5.92 Å². The molecule has 1 saturated carbocycles. The van der Waals surface area contributed by atoms with E-state index in [0.29, 0.717) is 18.3 Å². The molecule has 1 heterocycles. The number of hydrogen-bond donors (Lipinski definition) is 2. The molecule has 0 radical (unpaired) electrons. The van der Waals surface area contributed by atoms with E-state index in [2.05, 4.69) is 15.3 Å². The number of carbonyl (C=O) groups is 1. The molecule has 2 rings (SSSR count). The van der Waals surface area contributed by atoms with Crippen LogP contribution in [-0.2, 0) is 0 Å². The van der Waals surface area contributed by atoms with Gasteiger partial charge >= 0.3 is 0 Å². The van der Waals surface area contributed by atoms with Crippen molar-refractivity contribution in [1.82, 2.24) is 15.3 Å². The summed E-state index contributed by atoms with van der Waals surface area (Å²) in [5.74, 6) is 0.819. The smallest absolute Gasteiger partial charge is 0.271 e. The fourth-order valence-electron chi connectivity index (χ4n) is 2.01. The van der Waals surface area contributed by atoms with Crippen LogP contribution in [0.3, 0.4) is 0 Å². The maximum Gasteiger partial charge on any atom is 0.271 e. The van der Waals surface area contributed by atoms with Gasteiger partial charge in [-0.1, -0.05) is 25.4 Å². The van der Waals surface area contributed by atoms with Gasteiger partial charge in [-0.2, -0.15) is 0 Å². The second-order valence-electron chi connectivity index (χ2n) is 5.28. The second kappa shape index (κ2) is 5.84. The van der Waals surface area contributed by atoms with Gasteiger partial charge in [0.2, 0.25) is 0 Å². The summed E-state index contributed by atoms with van der Waals surface area (Å²) in [6.45, 7) is 4.47. The monoisotopic (exact) mass is 283 g/mol. The predicted octanol–water partition coefficient (Wildman–Crippen LogP) is 1.75. The first-order valence-corrected chi connectivity index (χ1v) is 6.84. The minimum atomic E-state index is -0.282. The largest absolute Gasteiger partial charge is 0.393 e. The third kappa shape index (κ3) is 3.42. The average Bonchev–Trinajstić information content (AvgIpc) is 2.33. The molecule has 1 amide bonds. The summed E-state index contributed by atoms with van der Waals surface area (Å²) in [4.78, 5) is 20.3. The number of nitrogens with one attached hydrogen (secondary N) is 1. The van der Waals surface area contributed by atoms with Crippen LogP contribution in [0.4, 0.5) is 0 Å². The van der Waals surface area contributed by atoms with Gasteiger partial charge in [0.15, 0.2) is 0 Å². The van der Waals surface area contributed by atoms with Gasteiger partial charge in [-0.05, 0) is 18.8 Å². The Morgan fingerprint density at radius 3 is 2.84 bits per heavy atom. The molecule has 19 heavy (non-hydrogen) atoms. The number of halogens is 1. The number of amides is 1. The zero-order valence-corrected chi connectivity index (χ0v) is 11.8. The fourth-order valence-corrected chi connectivity index (χ4v) is 2.18. The molecule has 0 saturated heterocycles. The lowest BCUT2D eigenvalue weighted by Gasteiger charge is -2.31. The Labute approximate surface area is 117 Å². The summed E-state index contributed by atoms with van der Waals surface area (Å²) < 4.78 is 0. The predicted molar refractivity (Wildman–Crippen MR) is 72.2 cm³/mol. The van der Waals surface area contributed by atoms with Gasteiger partial charge in [0.25, 0.3) is 5.91 Å². The lowest BCUT2D eigenvalue weighted by molar-refractivity contribution is 0.0419. The lowest BCUT2D eigenvalue weighted by atomic mass is 9.82. The van der Waals surface area contributed by atoms with Crippen molar-refractivity contribution >= 4 is 17.5 Å². The Hall–Kier alpha value is -1.20. The molecule has 1 fully saturated rings. The van der Waals surface area contributed by atoms with Gasteiger partial charge in [0.1, 0.15) is 11.5 Å². The molecule has 0 aliphatic heterocycles. The van der Waals surface area contributed by atoms with Crippen LogP contribution in [0.2, 0.25) is 5.02 Å². The van der Waals surface area contributed by atoms with Crippen LogP contribution in [0.15, 0.2) is 6.20 Å². The van der Waals surface area contributed by atoms with E-state index in [1.807, 2.05) is 13.8 Å². The molecule has 104 valence electrons. The van der Waals surface area contributed by atoms with Crippen molar-refractivity contribution in [2.75, 3.05) is 6.54 Å². The minimum absolute atomic E-state index is 0.144. The maximum absolute atomic E-state index is 12.0. The van der Waals surface area contributed by atoms with Crippen molar-refractivity contribution in [2.24, 2.45) is 5.92 Å². The van der Waals surface area contributed by atoms with Crippen LogP contribution < -0.4 is 5.32 Å². The van der Waals surface area contributed by atoms with Gasteiger partial charge < -0.3 is 10.4 Å². The molecule has 0 unspecified atom stereocenters. The average molecular weight is 284 g/mol. The van der Waals surface area contributed by atoms with Crippen molar-refractivity contribution < 1.29 is 9.90 Å². The van der Waals surface area contributed by atoms with E-state index >= 15 is 0 Å². The standard InChI is InChI=1S/C13H18ClN3O2/c1-7(2)12-15-6-10(14)11(17-12)13(19)16-5-8-3-9(18)4-8/h6-9,18H,3-5H2,1-2H3,(H,16,19). The molecule has 6 heteroatoms. The van der Waals surface area contributed by atoms with E-state index < -0.39 is 0 Å². The van der Waals surface area contributed by atoms with Crippen LogP contribution in [0.1, 0.15) is 48.9 Å². The fraction of sp³-hybridized carbons (Fsp3) is 0.615. The number of hydrogen-bond acceptors (Lipinski definition) is 4. The van der Waals surface area contributed by atoms with E-state index in [9.17, 15) is 9.90 Å². The Morgan fingerprint density at radius 1 is 1.58 bits per heavy atom. The number of nitrogens with zero attached hydrogens (tertiary/aromatic N) is 2. The Kier molecular flexibility index (Phi) is 4.37. The van der Waals surface area contributed by atoms with Gasteiger partial charge in [0.05, 0.1) is 17.3 Å². The molecule has 1 aliphatic carbocycles. The summed E-state index contributed by atoms with van der Waals surface area (Å²) in [5.41, 5.74) is 0.222. The molecule has 0 bridgehead atoms. The molecule has 1 aromatic heterocycles. The van der Waals surface area contributed by atoms with Gasteiger partial charge in [0, 0.05) is 12.5 Å². The molecule has 0 aromatic carbocycles. The van der Waals surface area contributed by atoms with Crippen molar-refractivity contribution in [3.8, 4) is 0 Å². The third-order valence-electron chi connectivity index (χ3n) is 3.26. The normalized spacial score (nSPS) is 22.2. The van der Waals surface area contributed by atoms with Crippen molar-refractivity contribution in [3.63, 3.8) is 0 Å². The summed E-state index contributed by atoms with van der Waals surface area (Å²) >= 11 is 5.96. The first kappa shape index (κ1) is 14.2. The van der Waals surface area contributed by atoms with E-state index in [-0.39, 0.29) is 28.6 Å². The molecule has 1 aliphatic rings. The van der Waals surface area contributed by atoms with Crippen LogP contribution in [0.5, 0.6) is 0 Å². The highest BCUT2D eigenvalue weighted by molar-refractivity contribution is 6.33. The lowest BCUT2D eigenvalue weighted by Crippen LogP contribution is -2.38. The van der Waals surface area contributed by atoms with Crippen molar-refractivity contribution in [1.29, 1.82) is 0 Å². The van der Waals surface area contributed by atoms with E-state index in [4.69, 9.17) is 11.6 Å². The number of aliphatic hydroxyl groups excluding tert-OH is 1. The summed E-state index contributed by atoms with van der Waals surface area (Å²) in [6.07, 6.45) is 2.74. The van der Waals surface area contributed by atoms with E-state index in [1.165, 1.54) is 6.20 Å². The number of aromatic nitrogens is 2. The Balaban J connectivity index is 1.99. The van der Waals surface area contributed by atoms with Crippen LogP contribution in [0.25, 0.3) is 0 Å². The number of rotatable bonds is 4. The van der Waals surface area contributed by atoms with Gasteiger partial charge in [-0.25, -0.2) is 9.97 Å². The quantitative estimate of drug-likeness (QED) is 0.883. The highest BCUT2D eigenvalue weighted by Gasteiger charge is 2.27. The molecular weight excluding hydrogens is 266 g/mol. The highest BCUT2D eigenvalue weighted by Crippen LogP contribution is 2.26. The van der Waals surface area contributed by atoms with Crippen LogP contribution >= 0.6 is 11.6 Å². The first-order valence-electron chi connectivity index (χ1n) is 6.46. The SMILES string of the molecule is CC(C)c1ncc(Cl)c(C(=O)NCC2CC(O)C2)n1. The van der Waals surface area contributed by atoms with Gasteiger partial charge in [-0.3, -0.25) is 4.79 Å². The number of carbonyl (C=O) groups excluding carboxylic acids is 1. The summed E-state index contributed by atoms with van der Waals surface area (Å²) in [5, 5.41) is 12.3. The van der Waals surface area contributed by atoms with E-state index in [0.717, 1.165) is 12.8 Å². The second-order valence-corrected chi connectivity index (χ2v) is 5.69. The molecule has 0 atom stereocenters. The van der Waals surface area contributed by atoms with Crippen molar-refractivity contribution in [2.45, 2.75) is 38.7 Å². The number of aliphatic hydroxyl groups is 1. The molecule has 5 nitrogen and oxygen atoms in total. The summed E-state index contributed by atoms with van der Waals surface area (Å²) in [7, 11) is 0. The Bertz CT molecular complexity index is 473. The molecule has 1 aromatic rings. The van der Waals surface area contributed by atoms with Gasteiger partial charge in [-0.15, -0.1) is 0 Å². The molecular formula is C13H18ClN3O2. The zero-order chi connectivity index (χ0) is 14.0. The van der Waals surface area contributed by atoms with Crippen molar-refractivity contribution in [3.05, 3.63) is 22.7 Å². The Morgan fingerprint density at radius 2 is 2.26 bits per heavy atom. The topological polar surface area (TPSA) is 75.1 Å². The molecule has 2 N–H and O–H groups in total. The van der Waals surface area contributed by atoms with Crippen LogP contribution in [-0.4, -0.2) is 33.6 Å².